The molecule has 1 aliphatic heterocycles. The van der Waals surface area contributed by atoms with E-state index in [-0.39, 0.29) is 23.0 Å². The highest BCUT2D eigenvalue weighted by Gasteiger charge is 2.37. The molecule has 1 aliphatic rings. The van der Waals surface area contributed by atoms with Gasteiger partial charge in [-0.1, -0.05) is 11.8 Å². The first-order valence-corrected chi connectivity index (χ1v) is 10.7. The number of thioether (sulfide) groups is 1. The van der Waals surface area contributed by atoms with Crippen LogP contribution >= 0.6 is 11.8 Å². The number of methoxy groups -OCH3 is 3. The molecule has 0 aromatic heterocycles. The number of nitrogens with zero attached hydrogens (tertiary/aromatic N) is 1. The molecule has 10 heteroatoms. The zero-order chi connectivity index (χ0) is 24.0. The fraction of sp³-hybridized carbons (Fsp3) is 0.409. The molecule has 0 bridgehead atoms. The van der Waals surface area contributed by atoms with Gasteiger partial charge in [0.05, 0.1) is 61.3 Å². The molecule has 1 aromatic carbocycles. The number of hydrogen-bond donors (Lipinski definition) is 2. The van der Waals surface area contributed by atoms with Crippen molar-refractivity contribution in [2.24, 2.45) is 5.73 Å². The smallest absolute Gasteiger partial charge is 0.337 e. The van der Waals surface area contributed by atoms with Gasteiger partial charge < -0.3 is 30.0 Å². The molecule has 1 atom stereocenters. The standard InChI is InChI=1S/C22H27N3O6S/c1-11(2)31-22(27)18-12(3)25-21(32-10-17(24)26)14(9-23)19(18)13-7-15(28-4)20(30-6)16(8-13)29-5/h7-8,11,19,25H,10H2,1-6H3,(H2,24,26)/t19-/m0/s1. The van der Waals surface area contributed by atoms with E-state index in [2.05, 4.69) is 11.4 Å². The number of benzene rings is 1. The molecule has 0 saturated carbocycles. The first-order valence-electron chi connectivity index (χ1n) is 9.72. The van der Waals surface area contributed by atoms with Crippen molar-refractivity contribution in [1.82, 2.24) is 5.32 Å². The summed E-state index contributed by atoms with van der Waals surface area (Å²) in [6.07, 6.45) is -0.358. The number of primary amides is 1. The molecule has 172 valence electrons. The third-order valence-electron chi connectivity index (χ3n) is 4.59. The lowest BCUT2D eigenvalue weighted by molar-refractivity contribution is -0.143. The van der Waals surface area contributed by atoms with E-state index in [4.69, 9.17) is 24.7 Å². The average molecular weight is 462 g/mol. The van der Waals surface area contributed by atoms with E-state index in [1.54, 1.807) is 32.9 Å². The summed E-state index contributed by atoms with van der Waals surface area (Å²) in [5, 5.41) is 13.5. The zero-order valence-electron chi connectivity index (χ0n) is 18.9. The Bertz CT molecular complexity index is 984. The molecule has 2 rings (SSSR count). The van der Waals surface area contributed by atoms with Gasteiger partial charge in [-0.05, 0) is 38.5 Å². The highest BCUT2D eigenvalue weighted by molar-refractivity contribution is 8.03. The fourth-order valence-corrected chi connectivity index (χ4v) is 4.15. The van der Waals surface area contributed by atoms with Gasteiger partial charge in [0.25, 0.3) is 0 Å². The second kappa shape index (κ2) is 10.8. The Hall–Kier alpha value is -3.32. The molecule has 1 aromatic rings. The van der Waals surface area contributed by atoms with Crippen LogP contribution in [0.2, 0.25) is 0 Å². The van der Waals surface area contributed by atoms with Crippen molar-refractivity contribution in [2.75, 3.05) is 27.1 Å². The molecule has 0 fully saturated rings. The molecule has 0 radical (unpaired) electrons. The van der Waals surface area contributed by atoms with Crippen molar-refractivity contribution in [3.05, 3.63) is 39.6 Å². The van der Waals surface area contributed by atoms with Gasteiger partial charge >= 0.3 is 5.97 Å². The lowest BCUT2D eigenvalue weighted by atomic mass is 9.82. The number of nitrogens with one attached hydrogen (secondary N) is 1. The summed E-state index contributed by atoms with van der Waals surface area (Å²) in [7, 11) is 4.45. The zero-order valence-corrected chi connectivity index (χ0v) is 19.7. The third kappa shape index (κ3) is 5.29. The summed E-state index contributed by atoms with van der Waals surface area (Å²) in [6, 6.07) is 5.54. The molecule has 1 heterocycles. The summed E-state index contributed by atoms with van der Waals surface area (Å²) < 4.78 is 21.8. The number of ether oxygens (including phenoxy) is 4. The number of nitrogens with two attached hydrogens (primary N) is 1. The summed E-state index contributed by atoms with van der Waals surface area (Å²) in [5.41, 5.74) is 6.86. The number of carbonyl (C=O) groups is 2. The largest absolute Gasteiger partial charge is 0.493 e. The van der Waals surface area contributed by atoms with Gasteiger partial charge in [-0.15, -0.1) is 0 Å². The maximum Gasteiger partial charge on any atom is 0.337 e. The van der Waals surface area contributed by atoms with Gasteiger partial charge in [-0.3, -0.25) is 4.79 Å². The van der Waals surface area contributed by atoms with Gasteiger partial charge in [0, 0.05) is 5.70 Å². The van der Waals surface area contributed by atoms with E-state index in [0.717, 1.165) is 11.8 Å². The first kappa shape index (κ1) is 24.9. The number of amides is 1. The Morgan fingerprint density at radius 2 is 1.78 bits per heavy atom. The number of rotatable bonds is 9. The fourth-order valence-electron chi connectivity index (χ4n) is 3.32. The maximum atomic E-state index is 13.0. The number of esters is 1. The quantitative estimate of drug-likeness (QED) is 0.532. The summed E-state index contributed by atoms with van der Waals surface area (Å²) in [6.45, 7) is 5.20. The van der Waals surface area contributed by atoms with E-state index >= 15 is 0 Å². The van der Waals surface area contributed by atoms with Crippen LogP contribution in [0.3, 0.4) is 0 Å². The lowest BCUT2D eigenvalue weighted by Crippen LogP contribution is -2.30. The van der Waals surface area contributed by atoms with Crippen LogP contribution in [-0.4, -0.2) is 45.1 Å². The van der Waals surface area contributed by atoms with Crippen LogP contribution in [0.1, 0.15) is 32.3 Å². The topological polar surface area (TPSA) is 133 Å². The summed E-state index contributed by atoms with van der Waals surface area (Å²) in [5.74, 6) is -0.791. The van der Waals surface area contributed by atoms with Gasteiger partial charge in [-0.25, -0.2) is 4.79 Å². The third-order valence-corrected chi connectivity index (χ3v) is 5.63. The Kier molecular flexibility index (Phi) is 8.43. The highest BCUT2D eigenvalue weighted by atomic mass is 32.2. The molecular formula is C22H27N3O6S. The van der Waals surface area contributed by atoms with Gasteiger partial charge in [-0.2, -0.15) is 5.26 Å². The van der Waals surface area contributed by atoms with Crippen molar-refractivity contribution < 1.29 is 28.5 Å². The van der Waals surface area contributed by atoms with Gasteiger partial charge in [0.2, 0.25) is 11.7 Å². The minimum absolute atomic E-state index is 0.0332. The second-order valence-electron chi connectivity index (χ2n) is 7.12. The first-order chi connectivity index (χ1) is 15.2. The molecular weight excluding hydrogens is 434 g/mol. The van der Waals surface area contributed by atoms with Crippen LogP contribution in [-0.2, 0) is 14.3 Å². The van der Waals surface area contributed by atoms with E-state index in [0.29, 0.717) is 33.5 Å². The number of hydrogen-bond acceptors (Lipinski definition) is 9. The van der Waals surface area contributed by atoms with E-state index < -0.39 is 17.8 Å². The highest BCUT2D eigenvalue weighted by Crippen LogP contribution is 2.46. The summed E-state index contributed by atoms with van der Waals surface area (Å²) >= 11 is 1.09. The SMILES string of the molecule is COc1cc([C@H]2C(C#N)=C(SCC(N)=O)NC(C)=C2C(=O)OC(C)C)cc(OC)c1OC. The van der Waals surface area contributed by atoms with Crippen molar-refractivity contribution in [3.8, 4) is 23.3 Å². The number of nitriles is 1. The van der Waals surface area contributed by atoms with Gasteiger partial charge in [0.1, 0.15) is 0 Å². The molecule has 3 N–H and O–H groups in total. The van der Waals surface area contributed by atoms with Crippen molar-refractivity contribution in [2.45, 2.75) is 32.8 Å². The number of carbonyl (C=O) groups excluding carboxylic acids is 2. The minimum Gasteiger partial charge on any atom is -0.493 e. The van der Waals surface area contributed by atoms with Crippen molar-refractivity contribution in [1.29, 1.82) is 5.26 Å². The maximum absolute atomic E-state index is 13.0. The number of dihydropyridines is 1. The van der Waals surface area contributed by atoms with Crippen molar-refractivity contribution >= 4 is 23.6 Å². The van der Waals surface area contributed by atoms with Crippen LogP contribution in [0.4, 0.5) is 0 Å². The average Bonchev–Trinajstić information content (AvgIpc) is 2.75. The van der Waals surface area contributed by atoms with Crippen LogP contribution in [0.5, 0.6) is 17.2 Å². The molecule has 32 heavy (non-hydrogen) atoms. The molecule has 1 amide bonds. The molecule has 0 aliphatic carbocycles. The van der Waals surface area contributed by atoms with Crippen LogP contribution < -0.4 is 25.3 Å². The van der Waals surface area contributed by atoms with E-state index in [1.165, 1.54) is 21.3 Å². The molecule has 0 saturated heterocycles. The molecule has 0 spiro atoms. The summed E-state index contributed by atoms with van der Waals surface area (Å²) in [4.78, 5) is 24.4. The minimum atomic E-state index is -0.795. The molecule has 9 nitrogen and oxygen atoms in total. The van der Waals surface area contributed by atoms with Crippen LogP contribution in [0, 0.1) is 11.3 Å². The van der Waals surface area contributed by atoms with Crippen LogP contribution in [0.15, 0.2) is 34.0 Å². The second-order valence-corrected chi connectivity index (χ2v) is 8.10. The van der Waals surface area contributed by atoms with Crippen LogP contribution in [0.25, 0.3) is 0 Å². The Morgan fingerprint density at radius 3 is 2.22 bits per heavy atom. The van der Waals surface area contributed by atoms with Gasteiger partial charge in [0.15, 0.2) is 11.5 Å². The van der Waals surface area contributed by atoms with E-state index in [9.17, 15) is 14.9 Å². The molecule has 0 unspecified atom stereocenters. The predicted octanol–water partition coefficient (Wildman–Crippen LogP) is 2.58. The Labute approximate surface area is 191 Å². The Morgan fingerprint density at radius 1 is 1.19 bits per heavy atom. The number of allylic oxidation sites excluding steroid dienone is 2. The monoisotopic (exact) mass is 461 g/mol. The van der Waals surface area contributed by atoms with E-state index in [1.807, 2.05) is 0 Å². The lowest BCUT2D eigenvalue weighted by Gasteiger charge is -2.30. The van der Waals surface area contributed by atoms with Crippen molar-refractivity contribution in [3.63, 3.8) is 0 Å². The normalized spacial score (nSPS) is 15.8. The predicted molar refractivity (Wildman–Crippen MR) is 120 cm³/mol. The Balaban J connectivity index is 2.77.